The molecule has 164 valence electrons. The Morgan fingerprint density at radius 2 is 1.75 bits per heavy atom. The van der Waals surface area contributed by atoms with Gasteiger partial charge in [0.15, 0.2) is 0 Å². The van der Waals surface area contributed by atoms with Gasteiger partial charge in [0, 0.05) is 11.3 Å². The highest BCUT2D eigenvalue weighted by Gasteiger charge is 2.50. The average molecular weight is 429 g/mol. The highest BCUT2D eigenvalue weighted by atomic mass is 16.5. The summed E-state index contributed by atoms with van der Waals surface area (Å²) in [6.45, 7) is 4.24. The lowest BCUT2D eigenvalue weighted by atomic mass is 9.86. The van der Waals surface area contributed by atoms with Crippen LogP contribution in [-0.4, -0.2) is 24.7 Å². The number of hydrogen-bond acceptors (Lipinski definition) is 4. The quantitative estimate of drug-likeness (QED) is 0.498. The van der Waals surface area contributed by atoms with Crippen LogP contribution in [0.2, 0.25) is 0 Å². The van der Waals surface area contributed by atoms with E-state index in [4.69, 9.17) is 4.74 Å². The maximum absolute atomic E-state index is 14.0. The Hall–Kier alpha value is -3.41. The third-order valence-electron chi connectivity index (χ3n) is 6.02. The molecule has 5 nitrogen and oxygen atoms in total. The number of para-hydroxylation sites is 1. The molecular weight excluding hydrogens is 400 g/mol. The van der Waals surface area contributed by atoms with E-state index in [1.807, 2.05) is 83.8 Å². The molecule has 1 aliphatic rings. The van der Waals surface area contributed by atoms with Gasteiger partial charge in [0.1, 0.15) is 11.3 Å². The monoisotopic (exact) mass is 428 g/mol. The highest BCUT2D eigenvalue weighted by Crippen LogP contribution is 2.44. The fraction of sp³-hybridized carbons (Fsp3) is 0.222. The van der Waals surface area contributed by atoms with Gasteiger partial charge >= 0.3 is 0 Å². The van der Waals surface area contributed by atoms with Crippen molar-refractivity contribution in [2.45, 2.75) is 24.5 Å². The number of aliphatic hydroxyl groups excluding tert-OH is 1. The second-order valence-electron chi connectivity index (χ2n) is 7.94. The largest absolute Gasteiger partial charge is 0.497 e. The molecule has 0 unspecified atom stereocenters. The second kappa shape index (κ2) is 9.39. The Kier molecular flexibility index (Phi) is 6.40. The van der Waals surface area contributed by atoms with Gasteiger partial charge in [-0.2, -0.15) is 0 Å². The Labute approximate surface area is 189 Å². The number of hydrogen-bond donors (Lipinski definition) is 2. The zero-order valence-corrected chi connectivity index (χ0v) is 18.2. The predicted molar refractivity (Wildman–Crippen MR) is 127 cm³/mol. The van der Waals surface area contributed by atoms with Crippen molar-refractivity contribution in [2.24, 2.45) is 0 Å². The van der Waals surface area contributed by atoms with E-state index in [1.165, 1.54) is 0 Å². The molecule has 1 heterocycles. The van der Waals surface area contributed by atoms with Crippen molar-refractivity contribution in [1.29, 1.82) is 0 Å². The van der Waals surface area contributed by atoms with E-state index in [1.54, 1.807) is 13.2 Å². The van der Waals surface area contributed by atoms with Crippen LogP contribution in [0.4, 0.5) is 5.69 Å². The molecule has 3 aromatic rings. The van der Waals surface area contributed by atoms with Crippen molar-refractivity contribution in [2.75, 3.05) is 18.6 Å². The number of aliphatic hydroxyl groups is 1. The first kappa shape index (κ1) is 21.8. The third-order valence-corrected chi connectivity index (χ3v) is 6.02. The van der Waals surface area contributed by atoms with Crippen LogP contribution >= 0.6 is 0 Å². The van der Waals surface area contributed by atoms with Crippen LogP contribution in [0, 0.1) is 0 Å². The molecule has 2 atom stereocenters. The van der Waals surface area contributed by atoms with Crippen LogP contribution in [0.15, 0.2) is 91.5 Å². The highest BCUT2D eigenvalue weighted by molar-refractivity contribution is 6.08. The van der Waals surface area contributed by atoms with Gasteiger partial charge in [-0.05, 0) is 35.7 Å². The second-order valence-corrected chi connectivity index (χ2v) is 7.94. The van der Waals surface area contributed by atoms with Gasteiger partial charge in [-0.15, -0.1) is 6.58 Å². The standard InChI is InChI=1S/C27H28N2O3/c1-3-17-27(28-24(19-30)21-9-5-4-6-10-21)23-11-7-8-12-25(23)29(26(27)31)18-20-13-15-22(32-2)16-14-20/h3-16,24,28,30H,1,17-19H2,2H3/t24-,27-/m0/s1. The molecule has 0 saturated carbocycles. The van der Waals surface area contributed by atoms with Gasteiger partial charge in [-0.1, -0.05) is 66.7 Å². The van der Waals surface area contributed by atoms with Gasteiger partial charge < -0.3 is 14.7 Å². The van der Waals surface area contributed by atoms with Crippen LogP contribution in [0.3, 0.4) is 0 Å². The first-order valence-corrected chi connectivity index (χ1v) is 10.7. The summed E-state index contributed by atoms with van der Waals surface area (Å²) in [6, 6.07) is 24.9. The average Bonchev–Trinajstić information content (AvgIpc) is 3.07. The number of ether oxygens (including phenoxy) is 1. The summed E-state index contributed by atoms with van der Waals surface area (Å²) >= 11 is 0. The number of fused-ring (bicyclic) bond motifs is 1. The molecule has 0 radical (unpaired) electrons. The van der Waals surface area contributed by atoms with Crippen LogP contribution < -0.4 is 15.0 Å². The number of anilines is 1. The van der Waals surface area contributed by atoms with Gasteiger partial charge in [0.2, 0.25) is 0 Å². The van der Waals surface area contributed by atoms with Crippen molar-refractivity contribution in [3.8, 4) is 5.75 Å². The Balaban J connectivity index is 1.73. The van der Waals surface area contributed by atoms with Crippen molar-refractivity contribution in [3.05, 3.63) is 108 Å². The molecule has 0 aliphatic carbocycles. The van der Waals surface area contributed by atoms with Crippen molar-refractivity contribution < 1.29 is 14.6 Å². The molecule has 32 heavy (non-hydrogen) atoms. The first-order valence-electron chi connectivity index (χ1n) is 10.7. The zero-order chi connectivity index (χ0) is 22.6. The Morgan fingerprint density at radius 1 is 1.06 bits per heavy atom. The van der Waals surface area contributed by atoms with E-state index in [2.05, 4.69) is 11.9 Å². The van der Waals surface area contributed by atoms with Crippen LogP contribution in [0.25, 0.3) is 0 Å². The Bertz CT molecular complexity index is 1080. The van der Waals surface area contributed by atoms with E-state index >= 15 is 0 Å². The molecule has 3 aromatic carbocycles. The number of nitrogens with one attached hydrogen (secondary N) is 1. The minimum Gasteiger partial charge on any atom is -0.497 e. The van der Waals surface area contributed by atoms with Gasteiger partial charge in [-0.3, -0.25) is 10.1 Å². The number of rotatable bonds is 9. The smallest absolute Gasteiger partial charge is 0.252 e. The molecule has 0 fully saturated rings. The molecule has 5 heteroatoms. The van der Waals surface area contributed by atoms with E-state index in [0.29, 0.717) is 13.0 Å². The maximum atomic E-state index is 14.0. The van der Waals surface area contributed by atoms with Crippen LogP contribution in [-0.2, 0) is 16.9 Å². The summed E-state index contributed by atoms with van der Waals surface area (Å²) < 4.78 is 5.25. The molecule has 0 spiro atoms. The molecular formula is C27H28N2O3. The summed E-state index contributed by atoms with van der Waals surface area (Å²) in [6.07, 6.45) is 2.17. The molecule has 0 bridgehead atoms. The van der Waals surface area contributed by atoms with E-state index in [-0.39, 0.29) is 12.5 Å². The third kappa shape index (κ3) is 3.93. The van der Waals surface area contributed by atoms with Crippen molar-refractivity contribution in [1.82, 2.24) is 5.32 Å². The molecule has 1 amide bonds. The zero-order valence-electron chi connectivity index (χ0n) is 18.2. The fourth-order valence-corrected chi connectivity index (χ4v) is 4.42. The molecule has 0 aromatic heterocycles. The molecule has 1 aliphatic heterocycles. The number of benzene rings is 3. The van der Waals surface area contributed by atoms with E-state index in [0.717, 1.165) is 28.1 Å². The van der Waals surface area contributed by atoms with Crippen molar-refractivity contribution in [3.63, 3.8) is 0 Å². The van der Waals surface area contributed by atoms with Gasteiger partial charge in [-0.25, -0.2) is 0 Å². The Morgan fingerprint density at radius 3 is 2.41 bits per heavy atom. The summed E-state index contributed by atoms with van der Waals surface area (Å²) in [7, 11) is 1.63. The predicted octanol–water partition coefficient (Wildman–Crippen LogP) is 4.34. The fourth-order valence-electron chi connectivity index (χ4n) is 4.42. The molecule has 4 rings (SSSR count). The van der Waals surface area contributed by atoms with E-state index < -0.39 is 11.6 Å². The van der Waals surface area contributed by atoms with E-state index in [9.17, 15) is 9.90 Å². The summed E-state index contributed by atoms with van der Waals surface area (Å²) in [5.74, 6) is 0.724. The minimum atomic E-state index is -1.01. The lowest BCUT2D eigenvalue weighted by molar-refractivity contribution is -0.125. The maximum Gasteiger partial charge on any atom is 0.252 e. The number of carbonyl (C=O) groups excluding carboxylic acids is 1. The van der Waals surface area contributed by atoms with Crippen LogP contribution in [0.5, 0.6) is 5.75 Å². The van der Waals surface area contributed by atoms with Gasteiger partial charge in [0.25, 0.3) is 5.91 Å². The van der Waals surface area contributed by atoms with Crippen molar-refractivity contribution >= 4 is 11.6 Å². The first-order chi connectivity index (χ1) is 15.6. The summed E-state index contributed by atoms with van der Waals surface area (Å²) in [5, 5.41) is 13.7. The lowest BCUT2D eigenvalue weighted by Gasteiger charge is -2.33. The number of nitrogens with zero attached hydrogens (tertiary/aromatic N) is 1. The summed E-state index contributed by atoms with van der Waals surface area (Å²) in [5.41, 5.74) is 2.69. The number of amides is 1. The number of carbonyl (C=O) groups is 1. The normalized spacial score (nSPS) is 18.3. The SMILES string of the molecule is C=CC[C@@]1(N[C@@H](CO)c2ccccc2)C(=O)N(Cc2ccc(OC)cc2)c2ccccc21. The number of methoxy groups -OCH3 is 1. The van der Waals surface area contributed by atoms with Crippen LogP contribution in [0.1, 0.15) is 29.2 Å². The van der Waals surface area contributed by atoms with Gasteiger partial charge in [0.05, 0.1) is 26.3 Å². The lowest BCUT2D eigenvalue weighted by Crippen LogP contribution is -2.52. The summed E-state index contributed by atoms with van der Waals surface area (Å²) in [4.78, 5) is 15.8. The topological polar surface area (TPSA) is 61.8 Å². The minimum absolute atomic E-state index is 0.0520. The molecule has 0 saturated heterocycles. The molecule has 2 N–H and O–H groups in total.